The summed E-state index contributed by atoms with van der Waals surface area (Å²) in [6, 6.07) is 11.0. The molecule has 1 aromatic heterocycles. The Morgan fingerprint density at radius 1 is 1.40 bits per heavy atom. The molecule has 6 nitrogen and oxygen atoms in total. The Morgan fingerprint density at radius 3 is 3.12 bits per heavy atom. The Morgan fingerprint density at radius 2 is 2.32 bits per heavy atom. The largest absolute Gasteiger partial charge is 0.489 e. The van der Waals surface area contributed by atoms with Gasteiger partial charge in [0.25, 0.3) is 5.91 Å². The Hall–Kier alpha value is -2.44. The summed E-state index contributed by atoms with van der Waals surface area (Å²) in [6.45, 7) is 3.38. The summed E-state index contributed by atoms with van der Waals surface area (Å²) < 4.78 is 11.4. The molecule has 1 aliphatic heterocycles. The number of hydrogen-bond donors (Lipinski definition) is 1. The van der Waals surface area contributed by atoms with Crippen molar-refractivity contribution in [2.75, 3.05) is 33.3 Å². The number of carbonyl (C=O) groups excluding carboxylic acids is 1. The van der Waals surface area contributed by atoms with Crippen LogP contribution in [0.3, 0.4) is 0 Å². The maximum Gasteiger partial charge on any atom is 0.251 e. The van der Waals surface area contributed by atoms with E-state index in [1.807, 2.05) is 24.3 Å². The van der Waals surface area contributed by atoms with E-state index in [4.69, 9.17) is 9.47 Å². The number of likely N-dealkylation sites (N-methyl/N-ethyl adjacent to an activating group) is 1. The second kappa shape index (κ2) is 8.60. The predicted molar refractivity (Wildman–Crippen MR) is 94.6 cm³/mol. The van der Waals surface area contributed by atoms with E-state index in [0.29, 0.717) is 31.1 Å². The molecule has 1 fully saturated rings. The highest BCUT2D eigenvalue weighted by molar-refractivity contribution is 5.94. The third-order valence-corrected chi connectivity index (χ3v) is 4.06. The van der Waals surface area contributed by atoms with Gasteiger partial charge in [-0.2, -0.15) is 0 Å². The lowest BCUT2D eigenvalue weighted by Crippen LogP contribution is -2.45. The number of amides is 1. The van der Waals surface area contributed by atoms with Crippen molar-refractivity contribution >= 4 is 5.91 Å². The van der Waals surface area contributed by atoms with Gasteiger partial charge in [0.2, 0.25) is 0 Å². The maximum atomic E-state index is 12.3. The van der Waals surface area contributed by atoms with E-state index in [1.54, 1.807) is 24.5 Å². The van der Waals surface area contributed by atoms with Crippen molar-refractivity contribution in [2.45, 2.75) is 12.7 Å². The van der Waals surface area contributed by atoms with E-state index in [9.17, 15) is 4.79 Å². The summed E-state index contributed by atoms with van der Waals surface area (Å²) in [6.07, 6.45) is 3.52. The number of ether oxygens (including phenoxy) is 2. The van der Waals surface area contributed by atoms with E-state index >= 15 is 0 Å². The molecule has 132 valence electrons. The minimum atomic E-state index is -0.122. The molecular weight excluding hydrogens is 318 g/mol. The molecule has 2 aromatic rings. The van der Waals surface area contributed by atoms with Crippen molar-refractivity contribution in [2.24, 2.45) is 0 Å². The molecule has 25 heavy (non-hydrogen) atoms. The third-order valence-electron chi connectivity index (χ3n) is 4.06. The number of aromatic nitrogens is 1. The van der Waals surface area contributed by atoms with Crippen LogP contribution < -0.4 is 10.1 Å². The fourth-order valence-electron chi connectivity index (χ4n) is 2.68. The summed E-state index contributed by atoms with van der Waals surface area (Å²) in [4.78, 5) is 18.6. The Balaban J connectivity index is 1.52. The summed E-state index contributed by atoms with van der Waals surface area (Å²) >= 11 is 0. The van der Waals surface area contributed by atoms with Gasteiger partial charge in [-0.05, 0) is 31.3 Å². The monoisotopic (exact) mass is 341 g/mol. The zero-order chi connectivity index (χ0) is 17.5. The van der Waals surface area contributed by atoms with E-state index in [-0.39, 0.29) is 12.0 Å². The number of carbonyl (C=O) groups is 1. The molecule has 2 heterocycles. The average Bonchev–Trinajstić information content (AvgIpc) is 2.65. The first kappa shape index (κ1) is 17.4. The van der Waals surface area contributed by atoms with Crippen LogP contribution in [0.4, 0.5) is 0 Å². The van der Waals surface area contributed by atoms with Crippen LogP contribution in [0, 0.1) is 0 Å². The number of nitrogens with zero attached hydrogens (tertiary/aromatic N) is 2. The van der Waals surface area contributed by atoms with Crippen LogP contribution >= 0.6 is 0 Å². The van der Waals surface area contributed by atoms with E-state index in [0.717, 1.165) is 18.7 Å². The molecule has 0 aliphatic carbocycles. The van der Waals surface area contributed by atoms with Crippen LogP contribution in [0.25, 0.3) is 0 Å². The summed E-state index contributed by atoms with van der Waals surface area (Å²) in [5.74, 6) is 0.536. The number of benzene rings is 1. The van der Waals surface area contributed by atoms with Gasteiger partial charge in [-0.15, -0.1) is 0 Å². The number of rotatable bonds is 6. The van der Waals surface area contributed by atoms with E-state index in [2.05, 4.69) is 22.2 Å². The van der Waals surface area contributed by atoms with Crippen LogP contribution in [0.15, 0.2) is 48.8 Å². The van der Waals surface area contributed by atoms with Gasteiger partial charge in [-0.25, -0.2) is 0 Å². The average molecular weight is 341 g/mol. The van der Waals surface area contributed by atoms with Gasteiger partial charge < -0.3 is 19.7 Å². The highest BCUT2D eigenvalue weighted by Gasteiger charge is 2.18. The Kier molecular flexibility index (Phi) is 5.98. The molecule has 1 N–H and O–H groups in total. The van der Waals surface area contributed by atoms with Crippen molar-refractivity contribution in [3.05, 3.63) is 59.9 Å². The number of morpholine rings is 1. The second-order valence-corrected chi connectivity index (χ2v) is 6.14. The molecule has 1 amide bonds. The minimum Gasteiger partial charge on any atom is -0.489 e. The molecule has 0 bridgehead atoms. The molecule has 3 rings (SSSR count). The summed E-state index contributed by atoms with van der Waals surface area (Å²) in [5.41, 5.74) is 1.56. The Labute approximate surface area is 147 Å². The van der Waals surface area contributed by atoms with E-state index < -0.39 is 0 Å². The molecule has 0 radical (unpaired) electrons. The highest BCUT2D eigenvalue weighted by atomic mass is 16.5. The van der Waals surface area contributed by atoms with Crippen LogP contribution in [-0.4, -0.2) is 55.2 Å². The van der Waals surface area contributed by atoms with Crippen molar-refractivity contribution < 1.29 is 14.3 Å². The van der Waals surface area contributed by atoms with Gasteiger partial charge in [0.05, 0.1) is 12.7 Å². The normalized spacial score (nSPS) is 17.9. The van der Waals surface area contributed by atoms with Crippen LogP contribution in [0.5, 0.6) is 5.75 Å². The van der Waals surface area contributed by atoms with Gasteiger partial charge in [-0.3, -0.25) is 9.78 Å². The standard InChI is InChI=1S/C19H23N3O3/c1-22-8-9-24-18(13-22)12-21-19(23)16-5-2-6-17(10-16)25-14-15-4-3-7-20-11-15/h2-7,10-11,18H,8-9,12-14H2,1H3,(H,21,23)/t18-/m0/s1. The van der Waals surface area contributed by atoms with Gasteiger partial charge in [0.1, 0.15) is 12.4 Å². The SMILES string of the molecule is CN1CCO[C@@H](CNC(=O)c2cccc(OCc3cccnc3)c2)C1. The second-order valence-electron chi connectivity index (χ2n) is 6.14. The fraction of sp³-hybridized carbons (Fsp3) is 0.368. The van der Waals surface area contributed by atoms with Crippen LogP contribution in [-0.2, 0) is 11.3 Å². The number of pyridine rings is 1. The summed E-state index contributed by atoms with van der Waals surface area (Å²) in [7, 11) is 2.06. The quantitative estimate of drug-likeness (QED) is 0.867. The topological polar surface area (TPSA) is 63.7 Å². The lowest BCUT2D eigenvalue weighted by molar-refractivity contribution is -0.0175. The molecule has 1 aliphatic rings. The zero-order valence-electron chi connectivity index (χ0n) is 14.4. The van der Waals surface area contributed by atoms with Crippen molar-refractivity contribution in [1.29, 1.82) is 0 Å². The highest BCUT2D eigenvalue weighted by Crippen LogP contribution is 2.15. The first-order valence-corrected chi connectivity index (χ1v) is 8.41. The first-order chi connectivity index (χ1) is 12.2. The molecule has 1 aromatic carbocycles. The third kappa shape index (κ3) is 5.27. The smallest absolute Gasteiger partial charge is 0.251 e. The van der Waals surface area contributed by atoms with Crippen molar-refractivity contribution in [1.82, 2.24) is 15.2 Å². The minimum absolute atomic E-state index is 0.0349. The lowest BCUT2D eigenvalue weighted by atomic mass is 10.2. The number of nitrogens with one attached hydrogen (secondary N) is 1. The molecule has 0 saturated carbocycles. The van der Waals surface area contributed by atoms with Gasteiger partial charge in [0, 0.05) is 43.2 Å². The first-order valence-electron chi connectivity index (χ1n) is 8.41. The molecule has 1 saturated heterocycles. The molecule has 0 spiro atoms. The number of hydrogen-bond acceptors (Lipinski definition) is 5. The zero-order valence-corrected chi connectivity index (χ0v) is 14.4. The molecule has 0 unspecified atom stereocenters. The fourth-order valence-corrected chi connectivity index (χ4v) is 2.68. The molecule has 6 heteroatoms. The van der Waals surface area contributed by atoms with Gasteiger partial charge in [0.15, 0.2) is 0 Å². The van der Waals surface area contributed by atoms with Crippen LogP contribution in [0.1, 0.15) is 15.9 Å². The molecular formula is C19H23N3O3. The summed E-state index contributed by atoms with van der Waals surface area (Å²) in [5, 5.41) is 2.93. The lowest BCUT2D eigenvalue weighted by Gasteiger charge is -2.30. The predicted octanol–water partition coefficient (Wildman–Crippen LogP) is 1.72. The maximum absolute atomic E-state index is 12.3. The van der Waals surface area contributed by atoms with Crippen molar-refractivity contribution in [3.63, 3.8) is 0 Å². The van der Waals surface area contributed by atoms with Gasteiger partial charge >= 0.3 is 0 Å². The molecule has 1 atom stereocenters. The van der Waals surface area contributed by atoms with Crippen LogP contribution in [0.2, 0.25) is 0 Å². The van der Waals surface area contributed by atoms with Gasteiger partial charge in [-0.1, -0.05) is 12.1 Å². The van der Waals surface area contributed by atoms with E-state index in [1.165, 1.54) is 0 Å². The Bertz CT molecular complexity index is 693. The van der Waals surface area contributed by atoms with Crippen molar-refractivity contribution in [3.8, 4) is 5.75 Å².